The van der Waals surface area contributed by atoms with Gasteiger partial charge in [-0.15, -0.1) is 6.58 Å². The molecular formula is C14H15NO. The average molecular weight is 213 g/mol. The fourth-order valence-electron chi connectivity index (χ4n) is 2.88. The lowest BCUT2D eigenvalue weighted by molar-refractivity contribution is -0.126. The van der Waals surface area contributed by atoms with Gasteiger partial charge in [0.1, 0.15) is 5.54 Å². The van der Waals surface area contributed by atoms with Crippen LogP contribution in [0.15, 0.2) is 48.6 Å². The van der Waals surface area contributed by atoms with Gasteiger partial charge in [0, 0.05) is 12.6 Å². The molecule has 16 heavy (non-hydrogen) atoms. The van der Waals surface area contributed by atoms with Gasteiger partial charge < -0.3 is 4.90 Å². The number of carbonyl (C=O) groups excluding carboxylic acids is 1. The highest BCUT2D eigenvalue weighted by Crippen LogP contribution is 2.45. The Morgan fingerprint density at radius 2 is 2.25 bits per heavy atom. The van der Waals surface area contributed by atoms with Crippen LogP contribution in [0.25, 0.3) is 0 Å². The normalized spacial score (nSPS) is 34.2. The first-order chi connectivity index (χ1) is 7.76. The fraction of sp³-hybridized carbons (Fsp3) is 0.357. The van der Waals surface area contributed by atoms with Crippen molar-refractivity contribution < 1.29 is 4.79 Å². The van der Waals surface area contributed by atoms with Crippen LogP contribution in [0.5, 0.6) is 0 Å². The van der Waals surface area contributed by atoms with Crippen LogP contribution in [0.4, 0.5) is 0 Å². The lowest BCUT2D eigenvalue weighted by atomic mass is 9.73. The van der Waals surface area contributed by atoms with Crippen LogP contribution >= 0.6 is 0 Å². The van der Waals surface area contributed by atoms with Crippen molar-refractivity contribution in [1.82, 2.24) is 4.90 Å². The minimum atomic E-state index is -0.227. The lowest BCUT2D eigenvalue weighted by Gasteiger charge is -2.42. The van der Waals surface area contributed by atoms with E-state index in [1.807, 2.05) is 17.1 Å². The first kappa shape index (κ1) is 9.64. The first-order valence-electron chi connectivity index (χ1n) is 5.78. The number of amides is 1. The molecule has 0 N–H and O–H groups in total. The van der Waals surface area contributed by atoms with Crippen molar-refractivity contribution in [2.75, 3.05) is 6.54 Å². The third-order valence-corrected chi connectivity index (χ3v) is 3.73. The summed E-state index contributed by atoms with van der Waals surface area (Å²) in [6.07, 6.45) is 14.3. The molecule has 1 aliphatic heterocycles. The molecule has 1 spiro atoms. The molecule has 2 nitrogen and oxygen atoms in total. The maximum Gasteiger partial charge on any atom is 0.247 e. The molecule has 0 saturated heterocycles. The Hall–Kier alpha value is -1.57. The van der Waals surface area contributed by atoms with E-state index in [0.29, 0.717) is 5.92 Å². The van der Waals surface area contributed by atoms with E-state index in [2.05, 4.69) is 30.9 Å². The highest BCUT2D eigenvalue weighted by atomic mass is 16.2. The summed E-state index contributed by atoms with van der Waals surface area (Å²) < 4.78 is 0. The van der Waals surface area contributed by atoms with Gasteiger partial charge in [-0.25, -0.2) is 0 Å². The second-order valence-corrected chi connectivity index (χ2v) is 4.65. The van der Waals surface area contributed by atoms with Gasteiger partial charge in [0.2, 0.25) is 5.91 Å². The van der Waals surface area contributed by atoms with Gasteiger partial charge in [0.15, 0.2) is 0 Å². The number of hydrogen-bond acceptors (Lipinski definition) is 1. The third kappa shape index (κ3) is 1.10. The fourth-order valence-corrected chi connectivity index (χ4v) is 2.88. The Labute approximate surface area is 95.6 Å². The summed E-state index contributed by atoms with van der Waals surface area (Å²) in [4.78, 5) is 13.9. The summed E-state index contributed by atoms with van der Waals surface area (Å²) >= 11 is 0. The summed E-state index contributed by atoms with van der Waals surface area (Å²) in [7, 11) is 0. The van der Waals surface area contributed by atoms with E-state index in [9.17, 15) is 4.79 Å². The van der Waals surface area contributed by atoms with E-state index in [0.717, 1.165) is 19.4 Å². The van der Waals surface area contributed by atoms with Gasteiger partial charge in [-0.3, -0.25) is 4.79 Å². The lowest BCUT2D eigenvalue weighted by Crippen LogP contribution is -2.48. The van der Waals surface area contributed by atoms with Gasteiger partial charge in [0.25, 0.3) is 0 Å². The molecule has 0 aromatic heterocycles. The van der Waals surface area contributed by atoms with Crippen molar-refractivity contribution in [2.24, 2.45) is 5.92 Å². The van der Waals surface area contributed by atoms with Crippen molar-refractivity contribution >= 4 is 5.91 Å². The molecule has 4 rings (SSSR count). The zero-order chi connectivity index (χ0) is 11.2. The summed E-state index contributed by atoms with van der Waals surface area (Å²) in [5, 5.41) is 0. The number of carbonyl (C=O) groups is 1. The minimum Gasteiger partial charge on any atom is -0.322 e. The molecule has 2 heteroatoms. The third-order valence-electron chi connectivity index (χ3n) is 3.73. The topological polar surface area (TPSA) is 20.3 Å². The molecule has 4 aliphatic rings. The molecule has 0 saturated carbocycles. The van der Waals surface area contributed by atoms with Gasteiger partial charge in [-0.1, -0.05) is 30.4 Å². The predicted molar refractivity (Wildman–Crippen MR) is 63.7 cm³/mol. The number of rotatable bonds is 3. The van der Waals surface area contributed by atoms with E-state index in [4.69, 9.17) is 0 Å². The largest absolute Gasteiger partial charge is 0.322 e. The standard InChI is InChI=1S/C14H15NO/c1-2-3-8-15-13(16)10-12-9-11-4-6-14(12,15)7-5-11/h2,4-7,10-11H,1,3,8-9H2. The number of nitrogens with zero attached hydrogens (tertiary/aromatic N) is 1. The van der Waals surface area contributed by atoms with Crippen LogP contribution in [-0.2, 0) is 4.79 Å². The number of hydrogen-bond donors (Lipinski definition) is 0. The molecule has 0 fully saturated rings. The van der Waals surface area contributed by atoms with E-state index >= 15 is 0 Å². The molecule has 0 atom stereocenters. The quantitative estimate of drug-likeness (QED) is 0.658. The van der Waals surface area contributed by atoms with Crippen LogP contribution in [0.2, 0.25) is 0 Å². The van der Waals surface area contributed by atoms with E-state index in [1.54, 1.807) is 0 Å². The molecule has 2 bridgehead atoms. The first-order valence-corrected chi connectivity index (χ1v) is 5.78. The number of allylic oxidation sites excluding steroid dienone is 2. The average Bonchev–Trinajstić information content (AvgIpc) is 2.58. The highest BCUT2D eigenvalue weighted by Gasteiger charge is 2.47. The summed E-state index contributed by atoms with van der Waals surface area (Å²) in [6, 6.07) is 0. The van der Waals surface area contributed by atoms with Gasteiger partial charge in [-0.05, 0) is 24.3 Å². The Morgan fingerprint density at radius 3 is 2.94 bits per heavy atom. The van der Waals surface area contributed by atoms with Crippen molar-refractivity contribution in [3.8, 4) is 0 Å². The van der Waals surface area contributed by atoms with Gasteiger partial charge >= 0.3 is 0 Å². The summed E-state index contributed by atoms with van der Waals surface area (Å²) in [5.74, 6) is 0.647. The van der Waals surface area contributed by atoms with Crippen LogP contribution < -0.4 is 0 Å². The van der Waals surface area contributed by atoms with Crippen molar-refractivity contribution in [3.05, 3.63) is 48.6 Å². The maximum atomic E-state index is 12.0. The predicted octanol–water partition coefficient (Wildman–Crippen LogP) is 2.22. The molecule has 1 amide bonds. The van der Waals surface area contributed by atoms with E-state index in [1.165, 1.54) is 5.57 Å². The molecule has 1 heterocycles. The summed E-state index contributed by atoms with van der Waals surface area (Å²) in [6.45, 7) is 4.47. The van der Waals surface area contributed by atoms with Crippen LogP contribution in [0.3, 0.4) is 0 Å². The van der Waals surface area contributed by atoms with E-state index in [-0.39, 0.29) is 11.4 Å². The summed E-state index contributed by atoms with van der Waals surface area (Å²) in [5.41, 5.74) is 1.03. The smallest absolute Gasteiger partial charge is 0.247 e. The molecule has 0 unspecified atom stereocenters. The molecule has 0 radical (unpaired) electrons. The minimum absolute atomic E-state index is 0.147. The monoisotopic (exact) mass is 213 g/mol. The molecule has 3 aliphatic carbocycles. The second kappa shape index (κ2) is 3.21. The molecule has 82 valence electrons. The van der Waals surface area contributed by atoms with Crippen molar-refractivity contribution in [1.29, 1.82) is 0 Å². The van der Waals surface area contributed by atoms with Gasteiger partial charge in [0.05, 0.1) is 0 Å². The molecule has 0 aromatic carbocycles. The van der Waals surface area contributed by atoms with Crippen LogP contribution in [-0.4, -0.2) is 22.9 Å². The van der Waals surface area contributed by atoms with Crippen LogP contribution in [0.1, 0.15) is 12.8 Å². The van der Waals surface area contributed by atoms with Crippen molar-refractivity contribution in [2.45, 2.75) is 18.4 Å². The second-order valence-electron chi connectivity index (χ2n) is 4.65. The zero-order valence-corrected chi connectivity index (χ0v) is 9.23. The van der Waals surface area contributed by atoms with E-state index < -0.39 is 0 Å². The van der Waals surface area contributed by atoms with Crippen LogP contribution in [0, 0.1) is 5.92 Å². The van der Waals surface area contributed by atoms with Crippen molar-refractivity contribution in [3.63, 3.8) is 0 Å². The Kier molecular flexibility index (Phi) is 1.93. The zero-order valence-electron chi connectivity index (χ0n) is 9.23. The molecule has 0 aromatic rings. The Morgan fingerprint density at radius 1 is 1.50 bits per heavy atom. The molecular weight excluding hydrogens is 198 g/mol. The van der Waals surface area contributed by atoms with Gasteiger partial charge in [-0.2, -0.15) is 0 Å². The SMILES string of the molecule is C=CCCN1C(=O)C=C2CC3C=CC21C=C3. The maximum absolute atomic E-state index is 12.0. The Balaban J connectivity index is 1.99. The Bertz CT molecular complexity index is 428. The highest BCUT2D eigenvalue weighted by molar-refractivity contribution is 5.94.